The van der Waals surface area contributed by atoms with Gasteiger partial charge in [0.05, 0.1) is 19.7 Å². The van der Waals surface area contributed by atoms with Crippen molar-refractivity contribution in [3.63, 3.8) is 0 Å². The number of aliphatic hydroxyl groups excluding tert-OH is 1. The molecule has 1 fully saturated rings. The Balaban J connectivity index is 2.30. The molecule has 1 aromatic rings. The van der Waals surface area contributed by atoms with E-state index in [0.717, 1.165) is 42.2 Å². The molecule has 88 valence electrons. The maximum Gasteiger partial charge on any atom is 0.134 e. The summed E-state index contributed by atoms with van der Waals surface area (Å²) in [5.41, 5.74) is 1.21. The van der Waals surface area contributed by atoms with Crippen molar-refractivity contribution in [3.05, 3.63) is 29.3 Å². The van der Waals surface area contributed by atoms with E-state index in [2.05, 4.69) is 11.4 Å². The van der Waals surface area contributed by atoms with Crippen LogP contribution in [0, 0.1) is 0 Å². The fraction of sp³-hybridized carbons (Fsp3) is 0.500. The minimum absolute atomic E-state index is 0.215. The lowest BCUT2D eigenvalue weighted by Crippen LogP contribution is -2.61. The second kappa shape index (κ2) is 5.15. The lowest BCUT2D eigenvalue weighted by molar-refractivity contribution is 0.182. The van der Waals surface area contributed by atoms with Gasteiger partial charge in [0, 0.05) is 24.2 Å². The summed E-state index contributed by atoms with van der Waals surface area (Å²) < 4.78 is 0.837. The molecule has 0 saturated carbocycles. The van der Waals surface area contributed by atoms with E-state index in [1.54, 1.807) is 0 Å². The molecule has 4 heteroatoms. The first-order chi connectivity index (χ1) is 7.77. The molecule has 0 amide bonds. The number of nitrogens with one attached hydrogen (secondary N) is 1. The highest BCUT2D eigenvalue weighted by molar-refractivity contribution is 6.30. The first kappa shape index (κ1) is 11.9. The van der Waals surface area contributed by atoms with Gasteiger partial charge < -0.3 is 10.4 Å². The Kier molecular flexibility index (Phi) is 3.82. The van der Waals surface area contributed by atoms with Gasteiger partial charge in [0.15, 0.2) is 0 Å². The third-order valence-electron chi connectivity index (χ3n) is 3.32. The molecule has 2 rings (SSSR count). The normalized spacial score (nSPS) is 19.6. The maximum absolute atomic E-state index is 9.25. The molecule has 0 spiro atoms. The number of rotatable bonds is 3. The van der Waals surface area contributed by atoms with Gasteiger partial charge in [-0.15, -0.1) is 0 Å². The third-order valence-corrected chi connectivity index (χ3v) is 3.55. The van der Waals surface area contributed by atoms with Gasteiger partial charge in [0.1, 0.15) is 12.2 Å². The number of piperazine rings is 1. The Morgan fingerprint density at radius 3 is 2.69 bits per heavy atom. The second-order valence-corrected chi connectivity index (χ2v) is 4.71. The van der Waals surface area contributed by atoms with E-state index in [9.17, 15) is 5.11 Å². The number of quaternary nitrogens is 1. The van der Waals surface area contributed by atoms with Crippen LogP contribution in [0.4, 0.5) is 5.69 Å². The Morgan fingerprint density at radius 1 is 1.31 bits per heavy atom. The smallest absolute Gasteiger partial charge is 0.134 e. The minimum atomic E-state index is 0.215. The van der Waals surface area contributed by atoms with Crippen molar-refractivity contribution in [2.45, 2.75) is 0 Å². The zero-order valence-corrected chi connectivity index (χ0v) is 10.1. The van der Waals surface area contributed by atoms with Crippen LogP contribution in [0.2, 0.25) is 5.02 Å². The number of nitrogens with zero attached hydrogens (tertiary/aromatic N) is 1. The summed E-state index contributed by atoms with van der Waals surface area (Å²) in [4.78, 5) is 0. The Labute approximate surface area is 101 Å². The lowest BCUT2D eigenvalue weighted by atomic mass is 10.2. The van der Waals surface area contributed by atoms with E-state index in [1.807, 2.05) is 18.2 Å². The van der Waals surface area contributed by atoms with Crippen LogP contribution in [-0.4, -0.2) is 44.4 Å². The standard InChI is InChI=1S/C12H18ClN2O/c13-11-2-1-3-12(10-11)15(8-9-16)6-4-14-5-7-15/h1-3,10,14,16H,4-9H2/q+1. The van der Waals surface area contributed by atoms with Gasteiger partial charge >= 0.3 is 0 Å². The van der Waals surface area contributed by atoms with Crippen LogP contribution in [0.25, 0.3) is 0 Å². The molecule has 3 nitrogen and oxygen atoms in total. The molecule has 0 radical (unpaired) electrons. The van der Waals surface area contributed by atoms with Crippen LogP contribution < -0.4 is 9.80 Å². The molecule has 2 N–H and O–H groups in total. The molecule has 1 heterocycles. The molecule has 0 bridgehead atoms. The molecular weight excluding hydrogens is 224 g/mol. The van der Waals surface area contributed by atoms with Crippen molar-refractivity contribution in [2.75, 3.05) is 39.3 Å². The molecule has 16 heavy (non-hydrogen) atoms. The number of hydrogen-bond acceptors (Lipinski definition) is 2. The summed E-state index contributed by atoms with van der Waals surface area (Å²) in [7, 11) is 0. The topological polar surface area (TPSA) is 32.3 Å². The molecule has 0 aliphatic carbocycles. The first-order valence-corrected chi connectivity index (χ1v) is 6.08. The summed E-state index contributed by atoms with van der Waals surface area (Å²) in [6.45, 7) is 5.00. The van der Waals surface area contributed by atoms with Crippen LogP contribution >= 0.6 is 11.6 Å². The highest BCUT2D eigenvalue weighted by Gasteiger charge is 2.31. The van der Waals surface area contributed by atoms with Crippen molar-refractivity contribution in [2.24, 2.45) is 0 Å². The van der Waals surface area contributed by atoms with Gasteiger partial charge in [-0.3, -0.25) is 4.48 Å². The molecule has 0 aromatic heterocycles. The van der Waals surface area contributed by atoms with E-state index >= 15 is 0 Å². The Bertz CT molecular complexity index is 345. The highest BCUT2D eigenvalue weighted by atomic mass is 35.5. The quantitative estimate of drug-likeness (QED) is 0.781. The van der Waals surface area contributed by atoms with Crippen LogP contribution in [0.1, 0.15) is 0 Å². The van der Waals surface area contributed by atoms with Gasteiger partial charge in [-0.25, -0.2) is 0 Å². The molecule has 1 aliphatic rings. The SMILES string of the molecule is OCC[N+]1(c2cccc(Cl)c2)CCNCC1. The van der Waals surface area contributed by atoms with Crippen LogP contribution in [0.3, 0.4) is 0 Å². The zero-order chi connectivity index (χ0) is 11.4. The van der Waals surface area contributed by atoms with Crippen molar-refractivity contribution in [3.8, 4) is 0 Å². The van der Waals surface area contributed by atoms with Gasteiger partial charge in [0.25, 0.3) is 0 Å². The number of benzene rings is 1. The monoisotopic (exact) mass is 241 g/mol. The van der Waals surface area contributed by atoms with Crippen molar-refractivity contribution in [1.82, 2.24) is 9.80 Å². The predicted molar refractivity (Wildman–Crippen MR) is 67.8 cm³/mol. The summed E-state index contributed by atoms with van der Waals surface area (Å²) in [6.07, 6.45) is 0. The van der Waals surface area contributed by atoms with Crippen molar-refractivity contribution in [1.29, 1.82) is 0 Å². The van der Waals surface area contributed by atoms with Gasteiger partial charge in [-0.2, -0.15) is 0 Å². The Hall–Kier alpha value is -0.610. The fourth-order valence-corrected chi connectivity index (χ4v) is 2.58. The number of aliphatic hydroxyl groups is 1. The summed E-state index contributed by atoms with van der Waals surface area (Å²) in [6, 6.07) is 8.00. The minimum Gasteiger partial charge on any atom is -0.390 e. The maximum atomic E-state index is 9.25. The van der Waals surface area contributed by atoms with E-state index in [0.29, 0.717) is 0 Å². The molecular formula is C12H18ClN2O+. The average molecular weight is 242 g/mol. The largest absolute Gasteiger partial charge is 0.390 e. The molecule has 1 aromatic carbocycles. The molecule has 1 aliphatic heterocycles. The predicted octanol–water partition coefficient (Wildman–Crippen LogP) is 1.24. The summed E-state index contributed by atoms with van der Waals surface area (Å²) in [5, 5.41) is 13.4. The first-order valence-electron chi connectivity index (χ1n) is 5.71. The number of hydrogen-bond donors (Lipinski definition) is 2. The molecule has 0 unspecified atom stereocenters. The van der Waals surface area contributed by atoms with Gasteiger partial charge in [-0.05, 0) is 12.1 Å². The number of halogens is 1. The lowest BCUT2D eigenvalue weighted by Gasteiger charge is -2.41. The highest BCUT2D eigenvalue weighted by Crippen LogP contribution is 2.26. The van der Waals surface area contributed by atoms with Crippen molar-refractivity contribution >= 4 is 17.3 Å². The van der Waals surface area contributed by atoms with E-state index < -0.39 is 0 Å². The van der Waals surface area contributed by atoms with E-state index in [4.69, 9.17) is 11.6 Å². The van der Waals surface area contributed by atoms with Crippen LogP contribution in [0.15, 0.2) is 24.3 Å². The van der Waals surface area contributed by atoms with Gasteiger partial charge in [0.2, 0.25) is 0 Å². The van der Waals surface area contributed by atoms with Crippen LogP contribution in [-0.2, 0) is 0 Å². The van der Waals surface area contributed by atoms with Crippen LogP contribution in [0.5, 0.6) is 0 Å². The average Bonchev–Trinajstić information content (AvgIpc) is 2.31. The van der Waals surface area contributed by atoms with E-state index in [-0.39, 0.29) is 6.61 Å². The molecule has 1 saturated heterocycles. The zero-order valence-electron chi connectivity index (χ0n) is 9.32. The Morgan fingerprint density at radius 2 is 2.06 bits per heavy atom. The van der Waals surface area contributed by atoms with Gasteiger partial charge in [-0.1, -0.05) is 17.7 Å². The fourth-order valence-electron chi connectivity index (χ4n) is 2.40. The van der Waals surface area contributed by atoms with Crippen molar-refractivity contribution < 1.29 is 5.11 Å². The second-order valence-electron chi connectivity index (χ2n) is 4.27. The van der Waals surface area contributed by atoms with E-state index in [1.165, 1.54) is 5.69 Å². The summed E-state index contributed by atoms with van der Waals surface area (Å²) >= 11 is 6.04. The molecule has 0 atom stereocenters. The third kappa shape index (κ3) is 2.38. The summed E-state index contributed by atoms with van der Waals surface area (Å²) in [5.74, 6) is 0.